The third-order valence-electron chi connectivity index (χ3n) is 12.1. The van der Waals surface area contributed by atoms with Crippen LogP contribution in [-0.2, 0) is 4.74 Å². The molecule has 4 fully saturated rings. The Morgan fingerprint density at radius 3 is 1.13 bits per heavy atom. The fourth-order valence-electron chi connectivity index (χ4n) is 8.31. The van der Waals surface area contributed by atoms with Gasteiger partial charge in [-0.15, -0.1) is 0 Å². The number of aromatic nitrogens is 4. The monoisotopic (exact) mass is 819 g/mol. The van der Waals surface area contributed by atoms with Crippen LogP contribution in [0.5, 0.6) is 0 Å². The van der Waals surface area contributed by atoms with Crippen molar-refractivity contribution in [2.75, 3.05) is 85.2 Å². The first kappa shape index (κ1) is 46.8. The molecule has 9 heteroatoms. The molecule has 4 aromatic rings. The summed E-state index contributed by atoms with van der Waals surface area (Å²) in [6.07, 6.45) is 19.7. The molecule has 4 saturated heterocycles. The summed E-state index contributed by atoms with van der Waals surface area (Å²) in [5, 5.41) is 0. The van der Waals surface area contributed by atoms with E-state index in [0.717, 1.165) is 32.1 Å². The Labute approximate surface area is 364 Å². The van der Waals surface area contributed by atoms with Crippen LogP contribution in [0.3, 0.4) is 0 Å². The highest BCUT2D eigenvalue weighted by Crippen LogP contribution is 2.29. The van der Waals surface area contributed by atoms with Gasteiger partial charge in [0.2, 0.25) is 0 Å². The Morgan fingerprint density at radius 1 is 0.400 bits per heavy atom. The Balaban J connectivity index is 0.000000152. The normalized spacial score (nSPS) is 17.1. The molecule has 0 saturated carbocycles. The van der Waals surface area contributed by atoms with Crippen LogP contribution < -0.4 is 19.6 Å². The predicted octanol–water partition coefficient (Wildman–Crippen LogP) is 11.6. The molecule has 8 rings (SSSR count). The molecule has 328 valence electrons. The Hall–Kier alpha value is -4.24. The Morgan fingerprint density at radius 2 is 0.767 bits per heavy atom. The summed E-state index contributed by atoms with van der Waals surface area (Å²) >= 11 is 0. The van der Waals surface area contributed by atoms with Gasteiger partial charge in [-0.3, -0.25) is 0 Å². The molecule has 0 unspecified atom stereocenters. The van der Waals surface area contributed by atoms with Gasteiger partial charge in [0.1, 0.15) is 23.3 Å². The summed E-state index contributed by atoms with van der Waals surface area (Å²) < 4.78 is 5.33. The number of morpholine rings is 1. The molecule has 0 amide bonds. The van der Waals surface area contributed by atoms with Gasteiger partial charge in [-0.25, -0.2) is 19.9 Å². The maximum atomic E-state index is 5.33. The maximum Gasteiger partial charge on any atom is 0.131 e. The highest BCUT2D eigenvalue weighted by molar-refractivity contribution is 5.49. The smallest absolute Gasteiger partial charge is 0.131 e. The molecule has 9 nitrogen and oxygen atoms in total. The fourth-order valence-corrected chi connectivity index (χ4v) is 8.31. The lowest BCUT2D eigenvalue weighted by Crippen LogP contribution is -2.36. The third kappa shape index (κ3) is 14.5. The molecule has 0 aliphatic carbocycles. The van der Waals surface area contributed by atoms with Crippen molar-refractivity contribution in [2.45, 2.75) is 137 Å². The zero-order chi connectivity index (χ0) is 42.7. The molecule has 4 aliphatic rings. The molecule has 0 atom stereocenters. The lowest BCUT2D eigenvalue weighted by atomic mass is 10.0. The third-order valence-corrected chi connectivity index (χ3v) is 12.1. The topological polar surface area (TPSA) is 73.8 Å². The quantitative estimate of drug-likeness (QED) is 0.173. The van der Waals surface area contributed by atoms with Gasteiger partial charge in [-0.1, -0.05) is 67.5 Å². The molecule has 4 aromatic heterocycles. The van der Waals surface area contributed by atoms with Crippen molar-refractivity contribution in [3.8, 4) is 0 Å². The summed E-state index contributed by atoms with van der Waals surface area (Å²) in [4.78, 5) is 27.6. The van der Waals surface area contributed by atoms with E-state index < -0.39 is 0 Å². The van der Waals surface area contributed by atoms with Crippen LogP contribution in [0.2, 0.25) is 0 Å². The molecular weight excluding hydrogens is 741 g/mol. The van der Waals surface area contributed by atoms with Crippen LogP contribution in [0.25, 0.3) is 0 Å². The molecule has 0 bridgehead atoms. The van der Waals surface area contributed by atoms with Gasteiger partial charge in [0.05, 0.1) is 13.2 Å². The van der Waals surface area contributed by atoms with E-state index in [1.807, 2.05) is 36.9 Å². The Bertz CT molecular complexity index is 1660. The second-order valence-corrected chi connectivity index (χ2v) is 18.1. The van der Waals surface area contributed by atoms with Gasteiger partial charge < -0.3 is 24.3 Å². The van der Waals surface area contributed by atoms with Crippen molar-refractivity contribution in [2.24, 2.45) is 0 Å². The van der Waals surface area contributed by atoms with Crippen LogP contribution >= 0.6 is 0 Å². The van der Waals surface area contributed by atoms with E-state index in [-0.39, 0.29) is 0 Å². The van der Waals surface area contributed by atoms with E-state index >= 15 is 0 Å². The summed E-state index contributed by atoms with van der Waals surface area (Å²) in [5.41, 5.74) is 5.52. The van der Waals surface area contributed by atoms with E-state index in [4.69, 9.17) is 4.74 Å². The van der Waals surface area contributed by atoms with Gasteiger partial charge >= 0.3 is 0 Å². The number of anilines is 4. The van der Waals surface area contributed by atoms with Gasteiger partial charge in [0.15, 0.2) is 0 Å². The molecule has 4 aliphatic heterocycles. The maximum absolute atomic E-state index is 5.33. The zero-order valence-electron chi connectivity index (χ0n) is 38.7. The second-order valence-electron chi connectivity index (χ2n) is 18.1. The average molecular weight is 819 g/mol. The van der Waals surface area contributed by atoms with E-state index in [0.29, 0.717) is 23.7 Å². The minimum Gasteiger partial charge on any atom is -0.378 e. The van der Waals surface area contributed by atoms with E-state index in [1.54, 1.807) is 0 Å². The van der Waals surface area contributed by atoms with Gasteiger partial charge in [-0.05, 0) is 140 Å². The Kier molecular flexibility index (Phi) is 19.4. The number of piperidine rings is 3. The van der Waals surface area contributed by atoms with Gasteiger partial charge in [0, 0.05) is 77.1 Å². The SMILES string of the molecule is CC(C)c1cccnc1N1CCCCC1.CC(C)c1cccnc1N1CCCCC1.CC(C)c1ccnc(N2CCCCC2)c1.CC(C)c1ccnc(N2CCOCC2)c1. The van der Waals surface area contributed by atoms with Gasteiger partial charge in [0.25, 0.3) is 0 Å². The van der Waals surface area contributed by atoms with Crippen molar-refractivity contribution < 1.29 is 4.74 Å². The lowest BCUT2D eigenvalue weighted by Gasteiger charge is -2.30. The number of ether oxygens (including phenoxy) is 1. The van der Waals surface area contributed by atoms with Crippen molar-refractivity contribution in [1.29, 1.82) is 0 Å². The number of rotatable bonds is 8. The molecular formula is C51H78N8O. The molecule has 0 N–H and O–H groups in total. The van der Waals surface area contributed by atoms with E-state index in [9.17, 15) is 0 Å². The summed E-state index contributed by atoms with van der Waals surface area (Å²) in [6, 6.07) is 17.2. The van der Waals surface area contributed by atoms with Crippen molar-refractivity contribution >= 4 is 23.3 Å². The van der Waals surface area contributed by atoms with Crippen LogP contribution in [-0.4, -0.2) is 85.5 Å². The largest absolute Gasteiger partial charge is 0.378 e. The summed E-state index contributed by atoms with van der Waals surface area (Å²) in [5.74, 6) is 6.97. The number of pyridine rings is 4. The number of nitrogens with zero attached hydrogens (tertiary/aromatic N) is 8. The van der Waals surface area contributed by atoms with Crippen molar-refractivity contribution in [3.63, 3.8) is 0 Å². The molecule has 0 aromatic carbocycles. The second kappa shape index (κ2) is 24.9. The number of hydrogen-bond acceptors (Lipinski definition) is 9. The van der Waals surface area contributed by atoms with E-state index in [2.05, 4.69) is 131 Å². The first-order chi connectivity index (χ1) is 29.1. The molecule has 8 heterocycles. The molecule has 0 spiro atoms. The first-order valence-corrected chi connectivity index (χ1v) is 23.5. The van der Waals surface area contributed by atoms with E-state index in [1.165, 1.54) is 137 Å². The highest BCUT2D eigenvalue weighted by Gasteiger charge is 2.19. The lowest BCUT2D eigenvalue weighted by molar-refractivity contribution is 0.122. The van der Waals surface area contributed by atoms with Crippen LogP contribution in [0.1, 0.15) is 159 Å². The molecule has 0 radical (unpaired) electrons. The van der Waals surface area contributed by atoms with Crippen molar-refractivity contribution in [1.82, 2.24) is 19.9 Å². The summed E-state index contributed by atoms with van der Waals surface area (Å²) in [7, 11) is 0. The minimum atomic E-state index is 0.563. The van der Waals surface area contributed by atoms with Crippen LogP contribution in [0.15, 0.2) is 73.3 Å². The van der Waals surface area contributed by atoms with Gasteiger partial charge in [-0.2, -0.15) is 0 Å². The number of hydrogen-bond donors (Lipinski definition) is 0. The van der Waals surface area contributed by atoms with Crippen molar-refractivity contribution in [3.05, 3.63) is 95.6 Å². The fraction of sp³-hybridized carbons (Fsp3) is 0.608. The highest BCUT2D eigenvalue weighted by atomic mass is 16.5. The standard InChI is InChI=1S/3C13H20N2.C12H18N2O/c2*1-11(2)12-7-6-8-14-13(12)15-9-4-3-5-10-15;1-11(2)12-6-7-14-13(10-12)15-8-4-3-5-9-15;1-10(2)11-3-4-13-12(9-11)14-5-7-15-8-6-14/h2*6-8,11H,3-5,9-10H2,1-2H3;6-7,10-11H,3-5,8-9H2,1-2H3;3-4,9-10H,5-8H2,1-2H3. The zero-order valence-corrected chi connectivity index (χ0v) is 38.7. The van der Waals surface area contributed by atoms with Crippen LogP contribution in [0.4, 0.5) is 23.3 Å². The average Bonchev–Trinajstić information content (AvgIpc) is 3.31. The summed E-state index contributed by atoms with van der Waals surface area (Å²) in [6.45, 7) is 28.4. The molecule has 60 heavy (non-hydrogen) atoms. The minimum absolute atomic E-state index is 0.563. The first-order valence-electron chi connectivity index (χ1n) is 23.5. The predicted molar refractivity (Wildman–Crippen MR) is 255 cm³/mol. The van der Waals surface area contributed by atoms with Crippen LogP contribution in [0, 0.1) is 0 Å².